The molecule has 0 aromatic rings. The van der Waals surface area contributed by atoms with Crippen molar-refractivity contribution in [3.63, 3.8) is 0 Å². The van der Waals surface area contributed by atoms with Crippen LogP contribution in [0, 0.1) is 0 Å². The van der Waals surface area contributed by atoms with Gasteiger partial charge in [-0.1, -0.05) is 6.58 Å². The second-order valence-corrected chi connectivity index (χ2v) is 15.1. The van der Waals surface area contributed by atoms with Gasteiger partial charge in [0.2, 0.25) is 0 Å². The lowest BCUT2D eigenvalue weighted by atomic mass is 10.4. The van der Waals surface area contributed by atoms with Crippen molar-refractivity contribution in [3.8, 4) is 0 Å². The average molecular weight is 275 g/mol. The van der Waals surface area contributed by atoms with Gasteiger partial charge >= 0.3 is 5.97 Å². The first-order chi connectivity index (χ1) is 7.53. The van der Waals surface area contributed by atoms with Gasteiger partial charge in [-0.15, -0.1) is 0 Å². The number of ether oxygens (including phenoxy) is 1. The Kier molecular flexibility index (Phi) is 6.36. The first-order valence-electron chi connectivity index (χ1n) is 6.06. The average Bonchev–Trinajstić information content (AvgIpc) is 2.07. The zero-order chi connectivity index (χ0) is 13.7. The van der Waals surface area contributed by atoms with Crippen molar-refractivity contribution in [3.05, 3.63) is 12.2 Å². The molecule has 100 valence electrons. The van der Waals surface area contributed by atoms with E-state index in [0.29, 0.717) is 12.2 Å². The van der Waals surface area contributed by atoms with Crippen LogP contribution >= 0.6 is 0 Å². The molecule has 0 aliphatic heterocycles. The number of hydrogen-bond acceptors (Lipinski definition) is 3. The molecule has 5 heteroatoms. The van der Waals surface area contributed by atoms with Gasteiger partial charge < -0.3 is 8.85 Å². The van der Waals surface area contributed by atoms with Gasteiger partial charge in [0.05, 0.1) is 6.61 Å². The summed E-state index contributed by atoms with van der Waals surface area (Å²) in [5.41, 5.74) is 0.458. The molecule has 0 aliphatic rings. The summed E-state index contributed by atoms with van der Waals surface area (Å²) in [5.74, 6) is -0.296. The van der Waals surface area contributed by atoms with Crippen LogP contribution in [0.25, 0.3) is 0 Å². The number of esters is 1. The summed E-state index contributed by atoms with van der Waals surface area (Å²) in [6.07, 6.45) is 0.878. The predicted molar refractivity (Wildman–Crippen MR) is 77.1 cm³/mol. The monoisotopic (exact) mass is 274 g/mol. The van der Waals surface area contributed by atoms with Gasteiger partial charge in [-0.25, -0.2) is 4.79 Å². The molecule has 0 unspecified atom stereocenters. The molecule has 0 N–H and O–H groups in total. The van der Waals surface area contributed by atoms with Crippen LogP contribution in [0.2, 0.25) is 38.8 Å². The van der Waals surface area contributed by atoms with Crippen LogP contribution in [0.4, 0.5) is 0 Å². The van der Waals surface area contributed by atoms with Crippen LogP contribution in [0.15, 0.2) is 12.2 Å². The normalized spacial score (nSPS) is 12.4. The van der Waals surface area contributed by atoms with Crippen LogP contribution in [-0.2, 0) is 13.6 Å². The Labute approximate surface area is 107 Å². The van der Waals surface area contributed by atoms with Crippen molar-refractivity contribution in [2.75, 3.05) is 6.61 Å². The standard InChI is InChI=1S/C12H26O3Si2/c1-11(2)12(13)14-9-8-10-17(6,7)15-16(3,4)5/h1,8-10H2,2-7H3. The van der Waals surface area contributed by atoms with E-state index < -0.39 is 16.6 Å². The fourth-order valence-electron chi connectivity index (χ4n) is 1.67. The molecule has 0 aromatic carbocycles. The number of rotatable bonds is 7. The molecule has 0 amide bonds. The topological polar surface area (TPSA) is 35.5 Å². The van der Waals surface area contributed by atoms with Crippen molar-refractivity contribution in [1.29, 1.82) is 0 Å². The van der Waals surface area contributed by atoms with Gasteiger partial charge in [0.15, 0.2) is 16.6 Å². The minimum Gasteiger partial charge on any atom is -0.462 e. The molecule has 0 saturated carbocycles. The highest BCUT2D eigenvalue weighted by molar-refractivity contribution is 6.84. The molecule has 0 saturated heterocycles. The van der Waals surface area contributed by atoms with E-state index in [1.165, 1.54) is 0 Å². The lowest BCUT2D eigenvalue weighted by Gasteiger charge is -2.31. The van der Waals surface area contributed by atoms with E-state index in [1.807, 2.05) is 0 Å². The summed E-state index contributed by atoms with van der Waals surface area (Å²) in [6, 6.07) is 1.03. The molecular weight excluding hydrogens is 248 g/mol. The maximum absolute atomic E-state index is 11.2. The second kappa shape index (κ2) is 6.51. The summed E-state index contributed by atoms with van der Waals surface area (Å²) in [5, 5.41) is 0. The summed E-state index contributed by atoms with van der Waals surface area (Å²) in [7, 11) is -3.04. The van der Waals surface area contributed by atoms with Gasteiger partial charge in [0.25, 0.3) is 0 Å². The highest BCUT2D eigenvalue weighted by Crippen LogP contribution is 2.19. The van der Waals surface area contributed by atoms with Crippen molar-refractivity contribution in [2.45, 2.75) is 52.1 Å². The van der Waals surface area contributed by atoms with Crippen molar-refractivity contribution in [1.82, 2.24) is 0 Å². The van der Waals surface area contributed by atoms with Crippen molar-refractivity contribution in [2.24, 2.45) is 0 Å². The predicted octanol–water partition coefficient (Wildman–Crippen LogP) is 3.55. The van der Waals surface area contributed by atoms with E-state index in [9.17, 15) is 4.79 Å². The van der Waals surface area contributed by atoms with Gasteiger partial charge in [-0.05, 0) is 52.1 Å². The van der Waals surface area contributed by atoms with Gasteiger partial charge in [-0.2, -0.15) is 0 Å². The van der Waals surface area contributed by atoms with Crippen LogP contribution in [0.5, 0.6) is 0 Å². The number of hydrogen-bond donors (Lipinski definition) is 0. The van der Waals surface area contributed by atoms with E-state index >= 15 is 0 Å². The SMILES string of the molecule is C=C(C)C(=O)OCCC[Si](C)(C)O[Si](C)(C)C. The fourth-order valence-corrected chi connectivity index (χ4v) is 9.70. The molecule has 0 fully saturated rings. The van der Waals surface area contributed by atoms with Crippen molar-refractivity contribution >= 4 is 22.6 Å². The van der Waals surface area contributed by atoms with E-state index in [2.05, 4.69) is 39.3 Å². The minimum atomic E-state index is -1.59. The quantitative estimate of drug-likeness (QED) is 0.308. The summed E-state index contributed by atoms with van der Waals surface area (Å²) >= 11 is 0. The lowest BCUT2D eigenvalue weighted by Crippen LogP contribution is -2.42. The third kappa shape index (κ3) is 9.32. The molecule has 17 heavy (non-hydrogen) atoms. The first kappa shape index (κ1) is 16.6. The molecule has 3 nitrogen and oxygen atoms in total. The zero-order valence-corrected chi connectivity index (χ0v) is 14.1. The van der Waals surface area contributed by atoms with E-state index in [4.69, 9.17) is 8.85 Å². The highest BCUT2D eigenvalue weighted by Gasteiger charge is 2.28. The van der Waals surface area contributed by atoms with Gasteiger partial charge in [0, 0.05) is 5.57 Å². The van der Waals surface area contributed by atoms with E-state index in [-0.39, 0.29) is 5.97 Å². The molecule has 0 rings (SSSR count). The maximum Gasteiger partial charge on any atom is 0.333 e. The summed E-state index contributed by atoms with van der Waals surface area (Å²) < 4.78 is 11.3. The molecule has 0 aromatic heterocycles. The molecule has 0 bridgehead atoms. The Morgan fingerprint density at radius 2 is 1.71 bits per heavy atom. The summed E-state index contributed by atoms with van der Waals surface area (Å²) in [4.78, 5) is 11.2. The highest BCUT2D eigenvalue weighted by atomic mass is 28.4. The molecule has 0 atom stereocenters. The van der Waals surface area contributed by atoms with Gasteiger partial charge in [0.1, 0.15) is 0 Å². The molecule has 0 radical (unpaired) electrons. The van der Waals surface area contributed by atoms with Gasteiger partial charge in [-0.3, -0.25) is 0 Å². The third-order valence-corrected chi connectivity index (χ3v) is 8.30. The summed E-state index contributed by atoms with van der Waals surface area (Å²) in [6.45, 7) is 16.8. The first-order valence-corrected chi connectivity index (χ1v) is 12.6. The Morgan fingerprint density at radius 1 is 1.18 bits per heavy atom. The second-order valence-electron chi connectivity index (χ2n) is 5.99. The molecule has 0 spiro atoms. The minimum absolute atomic E-state index is 0.296. The molecule has 0 heterocycles. The van der Waals surface area contributed by atoms with Crippen LogP contribution < -0.4 is 0 Å². The number of carbonyl (C=O) groups excluding carboxylic acids is 1. The van der Waals surface area contributed by atoms with Crippen LogP contribution in [-0.4, -0.2) is 29.2 Å². The lowest BCUT2D eigenvalue weighted by molar-refractivity contribution is -0.138. The van der Waals surface area contributed by atoms with E-state index in [0.717, 1.165) is 12.5 Å². The molecular formula is C12H26O3Si2. The smallest absolute Gasteiger partial charge is 0.333 e. The van der Waals surface area contributed by atoms with E-state index in [1.54, 1.807) is 6.92 Å². The Morgan fingerprint density at radius 3 is 2.12 bits per heavy atom. The largest absolute Gasteiger partial charge is 0.462 e. The number of carbonyl (C=O) groups is 1. The van der Waals surface area contributed by atoms with Crippen molar-refractivity contribution < 1.29 is 13.6 Å². The Hall–Kier alpha value is -0.396. The van der Waals surface area contributed by atoms with Crippen LogP contribution in [0.1, 0.15) is 13.3 Å². The fraction of sp³-hybridized carbons (Fsp3) is 0.750. The molecule has 0 aliphatic carbocycles. The third-order valence-electron chi connectivity index (χ3n) is 2.09. The van der Waals surface area contributed by atoms with Crippen LogP contribution in [0.3, 0.4) is 0 Å². The Balaban J connectivity index is 3.88. The Bertz CT molecular complexity index is 280. The zero-order valence-electron chi connectivity index (χ0n) is 12.1. The maximum atomic E-state index is 11.2.